The van der Waals surface area contributed by atoms with Gasteiger partial charge in [-0.1, -0.05) is 35.3 Å². The second kappa shape index (κ2) is 8.34. The Kier molecular flexibility index (Phi) is 6.42. The molecule has 2 aromatic carbocycles. The molecule has 0 saturated carbocycles. The van der Waals surface area contributed by atoms with Crippen LogP contribution in [0.4, 0.5) is 11.4 Å². The van der Waals surface area contributed by atoms with Crippen LogP contribution in [0.1, 0.15) is 30.4 Å². The molecule has 1 unspecified atom stereocenters. The largest absolute Gasteiger partial charge is 0.398 e. The molecule has 0 fully saturated rings. The summed E-state index contributed by atoms with van der Waals surface area (Å²) >= 11 is 12.3. The molecule has 0 heterocycles. The first-order chi connectivity index (χ1) is 11.8. The van der Waals surface area contributed by atoms with Crippen molar-refractivity contribution in [2.75, 3.05) is 17.6 Å². The second-order valence-corrected chi connectivity index (χ2v) is 6.47. The fourth-order valence-electron chi connectivity index (χ4n) is 2.57. The summed E-state index contributed by atoms with van der Waals surface area (Å²) in [5.74, 6) is -0.772. The van der Waals surface area contributed by atoms with Crippen LogP contribution in [0, 0.1) is 5.41 Å². The lowest BCUT2D eigenvalue weighted by atomic mass is 9.94. The van der Waals surface area contributed by atoms with Gasteiger partial charge in [0.05, 0.1) is 16.0 Å². The van der Waals surface area contributed by atoms with Gasteiger partial charge in [0.15, 0.2) is 0 Å². The van der Waals surface area contributed by atoms with Gasteiger partial charge in [-0.3, -0.25) is 4.79 Å². The second-order valence-electron chi connectivity index (χ2n) is 5.69. The molecule has 0 aliphatic rings. The van der Waals surface area contributed by atoms with Crippen molar-refractivity contribution in [3.8, 4) is 0 Å². The van der Waals surface area contributed by atoms with Gasteiger partial charge in [0.25, 0.3) is 0 Å². The van der Waals surface area contributed by atoms with Crippen molar-refractivity contribution < 1.29 is 4.79 Å². The Morgan fingerprint density at radius 3 is 2.64 bits per heavy atom. The Balaban J connectivity index is 2.31. The molecule has 132 valence electrons. The van der Waals surface area contributed by atoms with E-state index in [1.54, 1.807) is 43.3 Å². The molecule has 0 spiro atoms. The molecule has 0 radical (unpaired) electrons. The maximum Gasteiger partial charge on any atom is 0.232 e. The van der Waals surface area contributed by atoms with E-state index in [9.17, 15) is 4.79 Å². The normalized spacial score (nSPS) is 11.8. The van der Waals surface area contributed by atoms with Crippen molar-refractivity contribution in [3.05, 3.63) is 57.6 Å². The van der Waals surface area contributed by atoms with E-state index in [1.165, 1.54) is 0 Å². The van der Waals surface area contributed by atoms with Crippen LogP contribution < -0.4 is 16.8 Å². The molecule has 1 amide bonds. The smallest absolute Gasteiger partial charge is 0.232 e. The van der Waals surface area contributed by atoms with Gasteiger partial charge in [0.1, 0.15) is 0 Å². The van der Waals surface area contributed by atoms with Crippen molar-refractivity contribution in [2.24, 2.45) is 5.73 Å². The number of nitrogen functional groups attached to an aromatic ring is 1. The minimum absolute atomic E-state index is 0.243. The van der Waals surface area contributed by atoms with Gasteiger partial charge in [-0.2, -0.15) is 0 Å². The molecule has 0 bridgehead atoms. The number of nitrogens with two attached hydrogens (primary N) is 2. The van der Waals surface area contributed by atoms with E-state index in [1.807, 2.05) is 0 Å². The summed E-state index contributed by atoms with van der Waals surface area (Å²) < 4.78 is 0. The van der Waals surface area contributed by atoms with E-state index in [-0.39, 0.29) is 5.91 Å². The molecule has 6 N–H and O–H groups in total. The summed E-state index contributed by atoms with van der Waals surface area (Å²) in [6, 6.07) is 10.2. The molecule has 5 nitrogen and oxygen atoms in total. The van der Waals surface area contributed by atoms with Crippen molar-refractivity contribution in [2.45, 2.75) is 19.3 Å². The van der Waals surface area contributed by atoms with Crippen molar-refractivity contribution in [3.63, 3.8) is 0 Å². The fourth-order valence-corrected chi connectivity index (χ4v) is 3.01. The summed E-state index contributed by atoms with van der Waals surface area (Å²) in [5, 5.41) is 11.3. The number of nitrogens with one attached hydrogen (secondary N) is 2. The van der Waals surface area contributed by atoms with Crippen molar-refractivity contribution in [1.82, 2.24) is 0 Å². The predicted octanol–water partition coefficient (Wildman–Crippen LogP) is 4.03. The van der Waals surface area contributed by atoms with E-state index < -0.39 is 5.92 Å². The number of hydrogen-bond acceptors (Lipinski definition) is 4. The van der Waals surface area contributed by atoms with Crippen molar-refractivity contribution >= 4 is 46.2 Å². The summed E-state index contributed by atoms with van der Waals surface area (Å²) in [5.41, 5.74) is 14.1. The van der Waals surface area contributed by atoms with Crippen LogP contribution in [0.5, 0.6) is 0 Å². The van der Waals surface area contributed by atoms with Crippen LogP contribution in [0.25, 0.3) is 0 Å². The molecule has 2 aromatic rings. The number of carbonyl (C=O) groups excluding carboxylic acids is 1. The topological polar surface area (TPSA) is 105 Å². The average Bonchev–Trinajstić information content (AvgIpc) is 2.57. The quantitative estimate of drug-likeness (QED) is 0.450. The summed E-state index contributed by atoms with van der Waals surface area (Å²) in [7, 11) is 0. The highest BCUT2D eigenvalue weighted by Crippen LogP contribution is 2.33. The van der Waals surface area contributed by atoms with Crippen LogP contribution in [0.15, 0.2) is 36.4 Å². The standard InChI is InChI=1S/C18H20Cl2N4O/c1-10(22)14-9-11(5-6-16(14)23)24-18(25)13(7-8-21)12-3-2-4-15(19)17(12)20/h2-6,9,13,22H,7-8,21,23H2,1H3,(H,24,25). The van der Waals surface area contributed by atoms with Crippen LogP contribution in [0.2, 0.25) is 10.0 Å². The maximum absolute atomic E-state index is 12.8. The molecule has 7 heteroatoms. The number of anilines is 2. The van der Waals surface area contributed by atoms with E-state index in [0.717, 1.165) is 0 Å². The summed E-state index contributed by atoms with van der Waals surface area (Å²) in [6.45, 7) is 1.97. The number of rotatable bonds is 6. The van der Waals surface area contributed by atoms with Crippen LogP contribution in [0.3, 0.4) is 0 Å². The zero-order valence-corrected chi connectivity index (χ0v) is 15.3. The lowest BCUT2D eigenvalue weighted by molar-refractivity contribution is -0.117. The number of benzene rings is 2. The minimum Gasteiger partial charge on any atom is -0.398 e. The van der Waals surface area contributed by atoms with E-state index in [4.69, 9.17) is 40.1 Å². The predicted molar refractivity (Wildman–Crippen MR) is 105 cm³/mol. The van der Waals surface area contributed by atoms with E-state index >= 15 is 0 Å². The third-order valence-corrected chi connectivity index (χ3v) is 4.69. The highest BCUT2D eigenvalue weighted by atomic mass is 35.5. The molecule has 1 atom stereocenters. The molecule has 0 saturated heterocycles. The lowest BCUT2D eigenvalue weighted by Crippen LogP contribution is -2.24. The zero-order valence-electron chi connectivity index (χ0n) is 13.8. The molecule has 0 aliphatic heterocycles. The van der Waals surface area contributed by atoms with Crippen molar-refractivity contribution in [1.29, 1.82) is 5.41 Å². The molecule has 25 heavy (non-hydrogen) atoms. The number of hydrogen-bond donors (Lipinski definition) is 4. The molecule has 0 aromatic heterocycles. The molecule has 2 rings (SSSR count). The van der Waals surface area contributed by atoms with Gasteiger partial charge in [0.2, 0.25) is 5.91 Å². The Bertz CT molecular complexity index is 808. The first kappa shape index (κ1) is 19.2. The summed E-state index contributed by atoms with van der Waals surface area (Å²) in [4.78, 5) is 12.8. The summed E-state index contributed by atoms with van der Waals surface area (Å²) in [6.07, 6.45) is 0.428. The molecular weight excluding hydrogens is 359 g/mol. The maximum atomic E-state index is 12.8. The van der Waals surface area contributed by atoms with Gasteiger partial charge in [-0.25, -0.2) is 0 Å². The molecule has 0 aliphatic carbocycles. The third-order valence-electron chi connectivity index (χ3n) is 3.85. The van der Waals surface area contributed by atoms with E-state index in [2.05, 4.69) is 5.32 Å². The first-order valence-corrected chi connectivity index (χ1v) is 8.50. The van der Waals surface area contributed by atoms with E-state index in [0.29, 0.717) is 51.2 Å². The van der Waals surface area contributed by atoms with Gasteiger partial charge in [-0.05, 0) is 49.7 Å². The van der Waals surface area contributed by atoms with Gasteiger partial charge in [0, 0.05) is 22.6 Å². The highest BCUT2D eigenvalue weighted by molar-refractivity contribution is 6.42. The SMILES string of the molecule is CC(=N)c1cc(NC(=O)C(CCN)c2cccc(Cl)c2Cl)ccc1N. The van der Waals surface area contributed by atoms with Gasteiger partial charge < -0.3 is 22.2 Å². The van der Waals surface area contributed by atoms with Gasteiger partial charge >= 0.3 is 0 Å². The van der Waals surface area contributed by atoms with Crippen LogP contribution in [-0.2, 0) is 4.79 Å². The van der Waals surface area contributed by atoms with Gasteiger partial charge in [-0.15, -0.1) is 0 Å². The number of amides is 1. The monoisotopic (exact) mass is 378 g/mol. The average molecular weight is 379 g/mol. The highest BCUT2D eigenvalue weighted by Gasteiger charge is 2.23. The number of carbonyl (C=O) groups is 1. The first-order valence-electron chi connectivity index (χ1n) is 7.75. The zero-order chi connectivity index (χ0) is 18.6. The Morgan fingerprint density at radius 1 is 1.28 bits per heavy atom. The van der Waals surface area contributed by atoms with Crippen LogP contribution in [-0.4, -0.2) is 18.2 Å². The minimum atomic E-state index is -0.529. The molecular formula is C18H20Cl2N4O. The fraction of sp³-hybridized carbons (Fsp3) is 0.222. The lowest BCUT2D eigenvalue weighted by Gasteiger charge is -2.19. The Morgan fingerprint density at radius 2 is 2.00 bits per heavy atom. The Hall–Kier alpha value is -2.08. The number of halogens is 2. The van der Waals surface area contributed by atoms with Crippen LogP contribution >= 0.6 is 23.2 Å². The third kappa shape index (κ3) is 4.51. The Labute approximate surface area is 156 Å².